The van der Waals surface area contributed by atoms with Crippen molar-refractivity contribution in [1.29, 1.82) is 0 Å². The second-order valence-corrected chi connectivity index (χ2v) is 7.44. The molecule has 2 aliphatic rings. The lowest BCUT2D eigenvalue weighted by Crippen LogP contribution is -2.45. The van der Waals surface area contributed by atoms with Crippen LogP contribution >= 0.6 is 23.2 Å². The molecule has 132 valence electrons. The van der Waals surface area contributed by atoms with E-state index < -0.39 is 0 Å². The molecule has 0 bridgehead atoms. The van der Waals surface area contributed by atoms with Crippen LogP contribution in [0.5, 0.6) is 0 Å². The van der Waals surface area contributed by atoms with Gasteiger partial charge in [-0.15, -0.1) is 0 Å². The van der Waals surface area contributed by atoms with Crippen molar-refractivity contribution in [2.75, 3.05) is 13.1 Å². The Kier molecular flexibility index (Phi) is 4.61. The molecular weight excluding hydrogens is 361 g/mol. The van der Waals surface area contributed by atoms with Gasteiger partial charge in [0.25, 0.3) is 0 Å². The zero-order chi connectivity index (χ0) is 17.4. The third kappa shape index (κ3) is 3.23. The predicted molar refractivity (Wildman–Crippen MR) is 96.1 cm³/mol. The Morgan fingerprint density at radius 3 is 2.72 bits per heavy atom. The van der Waals surface area contributed by atoms with E-state index >= 15 is 0 Å². The van der Waals surface area contributed by atoms with Gasteiger partial charge in [0.15, 0.2) is 0 Å². The maximum atomic E-state index is 12.6. The van der Waals surface area contributed by atoms with Gasteiger partial charge in [0.05, 0.1) is 21.8 Å². The molecular formula is C18H19Cl2N3O2. The first kappa shape index (κ1) is 16.7. The van der Waals surface area contributed by atoms with Gasteiger partial charge in [0, 0.05) is 25.1 Å². The fourth-order valence-electron chi connectivity index (χ4n) is 3.83. The predicted octanol–water partition coefficient (Wildman–Crippen LogP) is 4.56. The normalized spacial score (nSPS) is 20.6. The summed E-state index contributed by atoms with van der Waals surface area (Å²) in [5.41, 5.74) is 3.13. The molecule has 7 heteroatoms. The van der Waals surface area contributed by atoms with E-state index in [2.05, 4.69) is 10.5 Å². The van der Waals surface area contributed by atoms with Crippen molar-refractivity contribution in [1.82, 2.24) is 15.4 Å². The standard InChI is InChI=1S/C18H19Cl2N3O2/c19-14-3-1-12-13(17(14)20)2-4-16(12)21-18(24)23-8-5-11(6-9-23)15-7-10-25-22-15/h1,3,7,10-11,16H,2,4-6,8-9H2,(H,21,24). The SMILES string of the molecule is O=C(NC1CCc2c1ccc(Cl)c2Cl)N1CCC(c2ccon2)CC1. The molecule has 1 aromatic heterocycles. The van der Waals surface area contributed by atoms with Gasteiger partial charge in [0.1, 0.15) is 6.26 Å². The maximum Gasteiger partial charge on any atom is 0.317 e. The summed E-state index contributed by atoms with van der Waals surface area (Å²) in [6.45, 7) is 1.45. The van der Waals surface area contributed by atoms with Crippen LogP contribution in [0, 0.1) is 0 Å². The number of benzene rings is 1. The van der Waals surface area contributed by atoms with Crippen LogP contribution < -0.4 is 5.32 Å². The minimum absolute atomic E-state index is 0.00512. The van der Waals surface area contributed by atoms with Crippen LogP contribution in [0.2, 0.25) is 10.0 Å². The third-order valence-electron chi connectivity index (χ3n) is 5.25. The first-order chi connectivity index (χ1) is 12.1. The van der Waals surface area contributed by atoms with E-state index in [1.54, 1.807) is 12.3 Å². The number of carbonyl (C=O) groups excluding carboxylic acids is 1. The van der Waals surface area contributed by atoms with Crippen molar-refractivity contribution >= 4 is 29.2 Å². The third-order valence-corrected chi connectivity index (χ3v) is 6.09. The lowest BCUT2D eigenvalue weighted by molar-refractivity contribution is 0.176. The number of piperidine rings is 1. The number of carbonyl (C=O) groups is 1. The molecule has 0 radical (unpaired) electrons. The molecule has 1 aromatic carbocycles. The molecule has 25 heavy (non-hydrogen) atoms. The second kappa shape index (κ2) is 6.89. The summed E-state index contributed by atoms with van der Waals surface area (Å²) in [6.07, 6.45) is 5.11. The van der Waals surface area contributed by atoms with Crippen molar-refractivity contribution in [3.63, 3.8) is 0 Å². The van der Waals surface area contributed by atoms with Crippen LogP contribution in [0.3, 0.4) is 0 Å². The fourth-order valence-corrected chi connectivity index (χ4v) is 4.28. The smallest absolute Gasteiger partial charge is 0.317 e. The quantitative estimate of drug-likeness (QED) is 0.831. The number of nitrogens with zero attached hydrogens (tertiary/aromatic N) is 2. The molecule has 1 unspecified atom stereocenters. The molecule has 1 N–H and O–H groups in total. The van der Waals surface area contributed by atoms with Gasteiger partial charge in [-0.25, -0.2) is 4.79 Å². The Labute approximate surface area is 156 Å². The lowest BCUT2D eigenvalue weighted by atomic mass is 9.94. The van der Waals surface area contributed by atoms with E-state index in [-0.39, 0.29) is 12.1 Å². The van der Waals surface area contributed by atoms with Gasteiger partial charge in [-0.1, -0.05) is 34.4 Å². The summed E-state index contributed by atoms with van der Waals surface area (Å²) in [6, 6.07) is 5.67. The monoisotopic (exact) mass is 379 g/mol. The number of fused-ring (bicyclic) bond motifs is 1. The van der Waals surface area contributed by atoms with E-state index in [0.717, 1.165) is 55.6 Å². The molecule has 4 rings (SSSR count). The number of amides is 2. The summed E-state index contributed by atoms with van der Waals surface area (Å²) in [5, 5.41) is 8.35. The van der Waals surface area contributed by atoms with Crippen LogP contribution in [-0.4, -0.2) is 29.2 Å². The van der Waals surface area contributed by atoms with Gasteiger partial charge < -0.3 is 14.7 Å². The number of nitrogens with one attached hydrogen (secondary N) is 1. The molecule has 1 aliphatic heterocycles. The second-order valence-electron chi connectivity index (χ2n) is 6.66. The first-order valence-electron chi connectivity index (χ1n) is 8.56. The summed E-state index contributed by atoms with van der Waals surface area (Å²) in [5.74, 6) is 0.371. The van der Waals surface area contributed by atoms with Crippen molar-refractivity contribution < 1.29 is 9.32 Å². The molecule has 2 amide bonds. The highest BCUT2D eigenvalue weighted by Crippen LogP contribution is 2.39. The Morgan fingerprint density at radius 1 is 1.20 bits per heavy atom. The number of likely N-dealkylation sites (tertiary alicyclic amines) is 1. The Hall–Kier alpha value is -1.72. The number of rotatable bonds is 2. The molecule has 1 fully saturated rings. The highest BCUT2D eigenvalue weighted by atomic mass is 35.5. The highest BCUT2D eigenvalue weighted by molar-refractivity contribution is 6.42. The molecule has 1 saturated heterocycles. The van der Waals surface area contributed by atoms with Gasteiger partial charge in [-0.05, 0) is 42.9 Å². The summed E-state index contributed by atoms with van der Waals surface area (Å²) in [7, 11) is 0. The Morgan fingerprint density at radius 2 is 2.00 bits per heavy atom. The minimum atomic E-state index is -0.0116. The van der Waals surface area contributed by atoms with Crippen molar-refractivity contribution in [3.05, 3.63) is 51.3 Å². The van der Waals surface area contributed by atoms with Crippen LogP contribution in [0.25, 0.3) is 0 Å². The van der Waals surface area contributed by atoms with E-state index in [1.807, 2.05) is 17.0 Å². The average molecular weight is 380 g/mol. The minimum Gasteiger partial charge on any atom is -0.365 e. The largest absolute Gasteiger partial charge is 0.365 e. The van der Waals surface area contributed by atoms with E-state index in [9.17, 15) is 4.79 Å². The van der Waals surface area contributed by atoms with Gasteiger partial charge in [0.2, 0.25) is 0 Å². The Bertz CT molecular complexity index is 771. The van der Waals surface area contributed by atoms with Crippen molar-refractivity contribution in [3.8, 4) is 0 Å². The molecule has 5 nitrogen and oxygen atoms in total. The summed E-state index contributed by atoms with van der Waals surface area (Å²) in [4.78, 5) is 14.5. The number of aromatic nitrogens is 1. The van der Waals surface area contributed by atoms with E-state index in [0.29, 0.717) is 16.0 Å². The zero-order valence-corrected chi connectivity index (χ0v) is 15.2. The maximum absolute atomic E-state index is 12.6. The van der Waals surface area contributed by atoms with Crippen molar-refractivity contribution in [2.45, 2.75) is 37.6 Å². The molecule has 0 saturated carbocycles. The molecule has 1 atom stereocenters. The average Bonchev–Trinajstić information content (AvgIpc) is 3.29. The highest BCUT2D eigenvalue weighted by Gasteiger charge is 2.30. The summed E-state index contributed by atoms with van der Waals surface area (Å²) >= 11 is 12.4. The van der Waals surface area contributed by atoms with Crippen LogP contribution in [0.4, 0.5) is 4.79 Å². The molecule has 2 heterocycles. The number of urea groups is 1. The zero-order valence-electron chi connectivity index (χ0n) is 13.7. The lowest BCUT2D eigenvalue weighted by Gasteiger charge is -2.32. The van der Waals surface area contributed by atoms with Crippen molar-refractivity contribution in [2.24, 2.45) is 0 Å². The molecule has 1 aliphatic carbocycles. The van der Waals surface area contributed by atoms with Crippen LogP contribution in [0.15, 0.2) is 29.0 Å². The topological polar surface area (TPSA) is 58.4 Å². The molecule has 2 aromatic rings. The summed E-state index contributed by atoms with van der Waals surface area (Å²) < 4.78 is 4.92. The van der Waals surface area contributed by atoms with Gasteiger partial charge in [-0.3, -0.25) is 0 Å². The van der Waals surface area contributed by atoms with Crippen LogP contribution in [0.1, 0.15) is 48.0 Å². The fraction of sp³-hybridized carbons (Fsp3) is 0.444. The molecule has 0 spiro atoms. The Balaban J connectivity index is 1.37. The van der Waals surface area contributed by atoms with Crippen LogP contribution in [-0.2, 0) is 6.42 Å². The van der Waals surface area contributed by atoms with Gasteiger partial charge in [-0.2, -0.15) is 0 Å². The van der Waals surface area contributed by atoms with E-state index in [1.165, 1.54) is 0 Å². The van der Waals surface area contributed by atoms with E-state index in [4.69, 9.17) is 27.7 Å². The first-order valence-corrected chi connectivity index (χ1v) is 9.31. The van der Waals surface area contributed by atoms with Gasteiger partial charge >= 0.3 is 6.03 Å². The number of hydrogen-bond acceptors (Lipinski definition) is 3. The number of halogens is 2. The number of hydrogen-bond donors (Lipinski definition) is 1.